The first-order valence-electron chi connectivity index (χ1n) is 10.6. The molecule has 0 aromatic carbocycles. The summed E-state index contributed by atoms with van der Waals surface area (Å²) in [6.07, 6.45) is 6.39. The monoisotopic (exact) mass is 387 g/mol. The summed E-state index contributed by atoms with van der Waals surface area (Å²) in [5.41, 5.74) is 1.26. The van der Waals surface area contributed by atoms with E-state index in [1.54, 1.807) is 0 Å². The van der Waals surface area contributed by atoms with Crippen molar-refractivity contribution in [3.05, 3.63) is 11.8 Å². The van der Waals surface area contributed by atoms with Crippen molar-refractivity contribution in [1.29, 1.82) is 0 Å². The molecule has 0 radical (unpaired) electrons. The molecule has 0 bridgehead atoms. The summed E-state index contributed by atoms with van der Waals surface area (Å²) in [6.45, 7) is 6.53. The topological polar surface area (TPSA) is 61.8 Å². The van der Waals surface area contributed by atoms with E-state index in [1.165, 1.54) is 0 Å². The third-order valence-electron chi connectivity index (χ3n) is 6.57. The van der Waals surface area contributed by atoms with Crippen LogP contribution in [0.2, 0.25) is 0 Å². The lowest BCUT2D eigenvalue weighted by atomic mass is 9.72. The smallest absolute Gasteiger partial charge is 0.226 e. The molecule has 0 N–H and O–H groups in total. The summed E-state index contributed by atoms with van der Waals surface area (Å²) < 4.78 is 5.78. The SMILES string of the molecule is Cc1cc(N2CCC3(CCC(=O)N(CC4CCCO4)C3)CC2)nc(N(C)C)n1. The molecular weight excluding hydrogens is 354 g/mol. The maximum absolute atomic E-state index is 12.5. The van der Waals surface area contributed by atoms with Gasteiger partial charge >= 0.3 is 0 Å². The van der Waals surface area contributed by atoms with Crippen LogP contribution in [-0.2, 0) is 9.53 Å². The van der Waals surface area contributed by atoms with Crippen LogP contribution in [0.3, 0.4) is 0 Å². The number of hydrogen-bond donors (Lipinski definition) is 0. The minimum Gasteiger partial charge on any atom is -0.376 e. The molecule has 3 saturated heterocycles. The number of aromatic nitrogens is 2. The van der Waals surface area contributed by atoms with E-state index in [0.29, 0.717) is 12.3 Å². The van der Waals surface area contributed by atoms with Crippen LogP contribution >= 0.6 is 0 Å². The van der Waals surface area contributed by atoms with E-state index in [0.717, 1.165) is 82.4 Å². The first kappa shape index (κ1) is 19.4. The first-order chi connectivity index (χ1) is 13.4. The van der Waals surface area contributed by atoms with E-state index in [1.807, 2.05) is 25.9 Å². The Morgan fingerprint density at radius 3 is 2.71 bits per heavy atom. The van der Waals surface area contributed by atoms with Crippen molar-refractivity contribution in [2.45, 2.75) is 51.6 Å². The van der Waals surface area contributed by atoms with E-state index in [-0.39, 0.29) is 11.5 Å². The second kappa shape index (κ2) is 7.85. The van der Waals surface area contributed by atoms with Gasteiger partial charge in [-0.25, -0.2) is 4.98 Å². The Kier molecular flexibility index (Phi) is 5.45. The van der Waals surface area contributed by atoms with Crippen LogP contribution in [0.15, 0.2) is 6.07 Å². The molecule has 7 heteroatoms. The third kappa shape index (κ3) is 4.09. The van der Waals surface area contributed by atoms with Crippen molar-refractivity contribution in [1.82, 2.24) is 14.9 Å². The maximum Gasteiger partial charge on any atom is 0.226 e. The summed E-state index contributed by atoms with van der Waals surface area (Å²) in [4.78, 5) is 28.2. The molecule has 1 aromatic heterocycles. The van der Waals surface area contributed by atoms with Gasteiger partial charge in [-0.1, -0.05) is 0 Å². The van der Waals surface area contributed by atoms with Crippen molar-refractivity contribution in [3.63, 3.8) is 0 Å². The van der Waals surface area contributed by atoms with Gasteiger partial charge < -0.3 is 19.4 Å². The van der Waals surface area contributed by atoms with Crippen LogP contribution in [-0.4, -0.2) is 73.8 Å². The number of nitrogens with zero attached hydrogens (tertiary/aromatic N) is 5. The molecule has 1 spiro atoms. The van der Waals surface area contributed by atoms with Gasteiger partial charge in [0.15, 0.2) is 0 Å². The molecule has 28 heavy (non-hydrogen) atoms. The van der Waals surface area contributed by atoms with E-state index in [9.17, 15) is 4.79 Å². The maximum atomic E-state index is 12.5. The molecule has 3 aliphatic rings. The highest BCUT2D eigenvalue weighted by atomic mass is 16.5. The largest absolute Gasteiger partial charge is 0.376 e. The Labute approximate surface area is 168 Å². The molecule has 1 unspecified atom stereocenters. The molecular formula is C21H33N5O2. The Balaban J connectivity index is 1.41. The summed E-state index contributed by atoms with van der Waals surface area (Å²) in [5.74, 6) is 2.10. The number of hydrogen-bond acceptors (Lipinski definition) is 6. The minimum absolute atomic E-state index is 0.243. The van der Waals surface area contributed by atoms with Crippen molar-refractivity contribution in [2.75, 3.05) is 56.7 Å². The number of carbonyl (C=O) groups is 1. The van der Waals surface area contributed by atoms with Crippen molar-refractivity contribution >= 4 is 17.7 Å². The first-order valence-corrected chi connectivity index (χ1v) is 10.6. The standard InChI is InChI=1S/C21H33N5O2/c1-16-13-18(23-20(22-16)24(2)3)25-10-8-21(9-11-25)7-6-19(27)26(15-21)14-17-5-4-12-28-17/h13,17H,4-12,14-15H2,1-3H3. The molecule has 0 aliphatic carbocycles. The molecule has 4 heterocycles. The van der Waals surface area contributed by atoms with Gasteiger partial charge in [0.25, 0.3) is 0 Å². The van der Waals surface area contributed by atoms with Crippen molar-refractivity contribution in [2.24, 2.45) is 5.41 Å². The van der Waals surface area contributed by atoms with Gasteiger partial charge in [0.2, 0.25) is 11.9 Å². The highest BCUT2D eigenvalue weighted by Crippen LogP contribution is 2.41. The number of rotatable bonds is 4. The number of amides is 1. The lowest BCUT2D eigenvalue weighted by Gasteiger charge is -2.48. The summed E-state index contributed by atoms with van der Waals surface area (Å²) in [6, 6.07) is 2.08. The van der Waals surface area contributed by atoms with Crippen molar-refractivity contribution in [3.8, 4) is 0 Å². The van der Waals surface area contributed by atoms with Gasteiger partial charge in [0.1, 0.15) is 5.82 Å². The second-order valence-corrected chi connectivity index (χ2v) is 8.96. The zero-order valence-corrected chi connectivity index (χ0v) is 17.5. The highest BCUT2D eigenvalue weighted by Gasteiger charge is 2.42. The number of aryl methyl sites for hydroxylation is 1. The summed E-state index contributed by atoms with van der Waals surface area (Å²) >= 11 is 0. The van der Waals surface area contributed by atoms with E-state index in [4.69, 9.17) is 9.72 Å². The van der Waals surface area contributed by atoms with E-state index in [2.05, 4.69) is 20.9 Å². The zero-order valence-electron chi connectivity index (χ0n) is 17.5. The van der Waals surface area contributed by atoms with Crippen LogP contribution in [0, 0.1) is 12.3 Å². The average Bonchev–Trinajstić information content (AvgIpc) is 3.18. The van der Waals surface area contributed by atoms with E-state index < -0.39 is 0 Å². The quantitative estimate of drug-likeness (QED) is 0.790. The Morgan fingerprint density at radius 2 is 2.04 bits per heavy atom. The molecule has 3 fully saturated rings. The van der Waals surface area contributed by atoms with Crippen LogP contribution in [0.5, 0.6) is 0 Å². The van der Waals surface area contributed by atoms with Crippen LogP contribution < -0.4 is 9.80 Å². The fraction of sp³-hybridized carbons (Fsp3) is 0.762. The fourth-order valence-corrected chi connectivity index (χ4v) is 4.82. The van der Waals surface area contributed by atoms with Crippen molar-refractivity contribution < 1.29 is 9.53 Å². The van der Waals surface area contributed by atoms with Crippen LogP contribution in [0.25, 0.3) is 0 Å². The Morgan fingerprint density at radius 1 is 1.25 bits per heavy atom. The van der Waals surface area contributed by atoms with Crippen LogP contribution in [0.1, 0.15) is 44.2 Å². The lowest BCUT2D eigenvalue weighted by Crippen LogP contribution is -2.53. The van der Waals surface area contributed by atoms with Gasteiger partial charge in [-0.05, 0) is 44.4 Å². The molecule has 7 nitrogen and oxygen atoms in total. The third-order valence-corrected chi connectivity index (χ3v) is 6.57. The predicted molar refractivity (Wildman–Crippen MR) is 110 cm³/mol. The molecule has 1 atom stereocenters. The number of likely N-dealkylation sites (tertiary alicyclic amines) is 1. The Hall–Kier alpha value is -1.89. The minimum atomic E-state index is 0.243. The predicted octanol–water partition coefficient (Wildman–Crippen LogP) is 2.24. The molecule has 4 rings (SSSR count). The van der Waals surface area contributed by atoms with Crippen LogP contribution in [0.4, 0.5) is 11.8 Å². The zero-order chi connectivity index (χ0) is 19.7. The molecule has 3 aliphatic heterocycles. The lowest BCUT2D eigenvalue weighted by molar-refractivity contribution is -0.140. The summed E-state index contributed by atoms with van der Waals surface area (Å²) in [5, 5.41) is 0. The van der Waals surface area contributed by atoms with Gasteiger partial charge in [0, 0.05) is 65.1 Å². The normalized spacial score (nSPS) is 24.8. The highest BCUT2D eigenvalue weighted by molar-refractivity contribution is 5.77. The van der Waals surface area contributed by atoms with Gasteiger partial charge in [-0.15, -0.1) is 0 Å². The average molecular weight is 388 g/mol. The fourth-order valence-electron chi connectivity index (χ4n) is 4.82. The van der Waals surface area contributed by atoms with Gasteiger partial charge in [0.05, 0.1) is 6.10 Å². The summed E-state index contributed by atoms with van der Waals surface area (Å²) in [7, 11) is 3.96. The molecule has 0 saturated carbocycles. The second-order valence-electron chi connectivity index (χ2n) is 8.96. The number of carbonyl (C=O) groups excluding carboxylic acids is 1. The molecule has 1 aromatic rings. The number of anilines is 2. The molecule has 1 amide bonds. The van der Waals surface area contributed by atoms with E-state index >= 15 is 0 Å². The Bertz CT molecular complexity index is 709. The number of piperidine rings is 2. The van der Waals surface area contributed by atoms with Gasteiger partial charge in [-0.2, -0.15) is 4.98 Å². The number of ether oxygens (including phenoxy) is 1. The van der Waals surface area contributed by atoms with Gasteiger partial charge in [-0.3, -0.25) is 4.79 Å². The molecule has 154 valence electrons.